The zero-order valence-corrected chi connectivity index (χ0v) is 7.81. The van der Waals surface area contributed by atoms with Crippen LogP contribution in [0.5, 0.6) is 0 Å². The summed E-state index contributed by atoms with van der Waals surface area (Å²) in [5.74, 6) is 0.916. The van der Waals surface area contributed by atoms with Gasteiger partial charge in [0.05, 0.1) is 0 Å². The molecule has 1 unspecified atom stereocenters. The molecule has 2 aliphatic heterocycles. The fourth-order valence-electron chi connectivity index (χ4n) is 2.50. The fraction of sp³-hybridized carbons (Fsp3) is 1.00. The molecule has 0 aromatic heterocycles. The monoisotopic (exact) mass is 168 g/mol. The maximum Gasteiger partial charge on any atom is 0.0107 e. The lowest BCUT2D eigenvalue weighted by atomic mass is 9.87. The van der Waals surface area contributed by atoms with Gasteiger partial charge in [-0.1, -0.05) is 6.42 Å². The highest BCUT2D eigenvalue weighted by Crippen LogP contribution is 2.20. The SMILES string of the molecule is C1CC[C@@H](C2CCCNC2)NC1. The van der Waals surface area contributed by atoms with Crippen molar-refractivity contribution in [2.45, 2.75) is 38.1 Å². The highest BCUT2D eigenvalue weighted by Gasteiger charge is 2.24. The van der Waals surface area contributed by atoms with Gasteiger partial charge in [0.25, 0.3) is 0 Å². The Hall–Kier alpha value is -0.0800. The molecule has 0 aromatic carbocycles. The molecule has 2 atom stereocenters. The van der Waals surface area contributed by atoms with Crippen molar-refractivity contribution in [2.75, 3.05) is 19.6 Å². The molecular weight excluding hydrogens is 148 g/mol. The van der Waals surface area contributed by atoms with Crippen molar-refractivity contribution < 1.29 is 0 Å². The zero-order chi connectivity index (χ0) is 8.23. The van der Waals surface area contributed by atoms with E-state index in [4.69, 9.17) is 0 Å². The average molecular weight is 168 g/mol. The second-order valence-corrected chi connectivity index (χ2v) is 4.16. The minimum atomic E-state index is 0.826. The predicted molar refractivity (Wildman–Crippen MR) is 51.2 cm³/mol. The summed E-state index contributed by atoms with van der Waals surface area (Å²) in [6.45, 7) is 3.74. The third kappa shape index (κ3) is 1.99. The first-order chi connectivity index (χ1) is 5.97. The van der Waals surface area contributed by atoms with E-state index < -0.39 is 0 Å². The molecule has 0 saturated carbocycles. The lowest BCUT2D eigenvalue weighted by Crippen LogP contribution is -2.46. The lowest BCUT2D eigenvalue weighted by molar-refractivity contribution is 0.247. The van der Waals surface area contributed by atoms with Crippen LogP contribution in [0, 0.1) is 5.92 Å². The Bertz CT molecular complexity index is 108. The summed E-state index contributed by atoms with van der Waals surface area (Å²) in [6.07, 6.45) is 7.05. The van der Waals surface area contributed by atoms with E-state index in [0.717, 1.165) is 12.0 Å². The Kier molecular flexibility index (Phi) is 3.01. The van der Waals surface area contributed by atoms with Gasteiger partial charge in [0.1, 0.15) is 0 Å². The van der Waals surface area contributed by atoms with E-state index in [0.29, 0.717) is 0 Å². The molecule has 0 aromatic rings. The highest BCUT2D eigenvalue weighted by atomic mass is 15.0. The van der Waals surface area contributed by atoms with Crippen molar-refractivity contribution >= 4 is 0 Å². The van der Waals surface area contributed by atoms with Gasteiger partial charge in [0.15, 0.2) is 0 Å². The molecule has 0 bridgehead atoms. The van der Waals surface area contributed by atoms with Crippen LogP contribution in [0.2, 0.25) is 0 Å². The van der Waals surface area contributed by atoms with Gasteiger partial charge in [-0.25, -0.2) is 0 Å². The lowest BCUT2D eigenvalue weighted by Gasteiger charge is -2.34. The fourth-order valence-corrected chi connectivity index (χ4v) is 2.50. The van der Waals surface area contributed by atoms with Crippen LogP contribution in [0.15, 0.2) is 0 Å². The van der Waals surface area contributed by atoms with E-state index in [2.05, 4.69) is 10.6 Å². The van der Waals surface area contributed by atoms with Crippen LogP contribution >= 0.6 is 0 Å². The van der Waals surface area contributed by atoms with Crippen LogP contribution in [-0.2, 0) is 0 Å². The molecule has 2 heterocycles. The Morgan fingerprint density at radius 1 is 0.917 bits per heavy atom. The highest BCUT2D eigenvalue weighted by molar-refractivity contribution is 4.83. The summed E-state index contributed by atoms with van der Waals surface area (Å²) < 4.78 is 0. The van der Waals surface area contributed by atoms with Gasteiger partial charge in [-0.15, -0.1) is 0 Å². The Morgan fingerprint density at radius 2 is 1.92 bits per heavy atom. The summed E-state index contributed by atoms with van der Waals surface area (Å²) in [7, 11) is 0. The topological polar surface area (TPSA) is 24.1 Å². The second kappa shape index (κ2) is 4.24. The van der Waals surface area contributed by atoms with Gasteiger partial charge in [0, 0.05) is 6.04 Å². The summed E-state index contributed by atoms with van der Waals surface area (Å²) >= 11 is 0. The van der Waals surface area contributed by atoms with Crippen molar-refractivity contribution in [3.63, 3.8) is 0 Å². The maximum absolute atomic E-state index is 3.65. The van der Waals surface area contributed by atoms with E-state index in [1.807, 2.05) is 0 Å². The molecule has 2 heteroatoms. The molecule has 2 saturated heterocycles. The van der Waals surface area contributed by atoms with Gasteiger partial charge >= 0.3 is 0 Å². The molecule has 0 amide bonds. The molecular formula is C10H20N2. The van der Waals surface area contributed by atoms with Gasteiger partial charge in [-0.2, -0.15) is 0 Å². The molecule has 2 aliphatic rings. The van der Waals surface area contributed by atoms with Gasteiger partial charge in [-0.05, 0) is 51.2 Å². The van der Waals surface area contributed by atoms with Crippen molar-refractivity contribution in [1.82, 2.24) is 10.6 Å². The quantitative estimate of drug-likeness (QED) is 0.613. The van der Waals surface area contributed by atoms with E-state index in [1.54, 1.807) is 0 Å². The van der Waals surface area contributed by atoms with Gasteiger partial charge in [0.2, 0.25) is 0 Å². The number of rotatable bonds is 1. The van der Waals surface area contributed by atoms with E-state index >= 15 is 0 Å². The first kappa shape index (κ1) is 8.52. The summed E-state index contributed by atoms with van der Waals surface area (Å²) in [5.41, 5.74) is 0. The second-order valence-electron chi connectivity index (χ2n) is 4.16. The largest absolute Gasteiger partial charge is 0.316 e. The molecule has 2 fully saturated rings. The van der Waals surface area contributed by atoms with Gasteiger partial charge in [-0.3, -0.25) is 0 Å². The van der Waals surface area contributed by atoms with E-state index in [1.165, 1.54) is 51.7 Å². The van der Waals surface area contributed by atoms with E-state index in [-0.39, 0.29) is 0 Å². The summed E-state index contributed by atoms with van der Waals surface area (Å²) in [4.78, 5) is 0. The molecule has 12 heavy (non-hydrogen) atoms. The number of nitrogens with one attached hydrogen (secondary N) is 2. The normalized spacial score (nSPS) is 38.0. The molecule has 70 valence electrons. The smallest absolute Gasteiger partial charge is 0.0107 e. The molecule has 0 radical (unpaired) electrons. The minimum Gasteiger partial charge on any atom is -0.316 e. The minimum absolute atomic E-state index is 0.826. The van der Waals surface area contributed by atoms with Gasteiger partial charge < -0.3 is 10.6 Å². The molecule has 2 rings (SSSR count). The first-order valence-electron chi connectivity index (χ1n) is 5.41. The summed E-state index contributed by atoms with van der Waals surface area (Å²) in [6, 6.07) is 0.826. The van der Waals surface area contributed by atoms with Crippen molar-refractivity contribution in [1.29, 1.82) is 0 Å². The van der Waals surface area contributed by atoms with E-state index in [9.17, 15) is 0 Å². The van der Waals surface area contributed by atoms with Crippen LogP contribution < -0.4 is 10.6 Å². The predicted octanol–water partition coefficient (Wildman–Crippen LogP) is 1.13. The third-order valence-corrected chi connectivity index (χ3v) is 3.25. The number of piperidine rings is 2. The zero-order valence-electron chi connectivity index (χ0n) is 7.81. The molecule has 2 N–H and O–H groups in total. The molecule has 0 aliphatic carbocycles. The van der Waals surface area contributed by atoms with Crippen LogP contribution in [-0.4, -0.2) is 25.7 Å². The van der Waals surface area contributed by atoms with Crippen molar-refractivity contribution in [3.8, 4) is 0 Å². The van der Waals surface area contributed by atoms with Crippen LogP contribution in [0.1, 0.15) is 32.1 Å². The average Bonchev–Trinajstić information content (AvgIpc) is 2.21. The number of hydrogen-bond acceptors (Lipinski definition) is 2. The molecule has 2 nitrogen and oxygen atoms in total. The van der Waals surface area contributed by atoms with Crippen molar-refractivity contribution in [2.24, 2.45) is 5.92 Å². The van der Waals surface area contributed by atoms with Crippen molar-refractivity contribution in [3.05, 3.63) is 0 Å². The third-order valence-electron chi connectivity index (χ3n) is 3.25. The first-order valence-corrected chi connectivity index (χ1v) is 5.41. The number of hydrogen-bond donors (Lipinski definition) is 2. The Balaban J connectivity index is 1.80. The molecule has 0 spiro atoms. The standard InChI is InChI=1S/C10H20N2/c1-2-7-12-10(5-1)9-4-3-6-11-8-9/h9-12H,1-8H2/t9?,10-/m0/s1. The Morgan fingerprint density at radius 3 is 2.58 bits per heavy atom. The maximum atomic E-state index is 3.65. The van der Waals surface area contributed by atoms with Crippen LogP contribution in [0.25, 0.3) is 0 Å². The van der Waals surface area contributed by atoms with Crippen LogP contribution in [0.3, 0.4) is 0 Å². The van der Waals surface area contributed by atoms with Crippen LogP contribution in [0.4, 0.5) is 0 Å². The summed E-state index contributed by atoms with van der Waals surface area (Å²) in [5, 5.41) is 7.14. The Labute approximate surface area is 75.1 Å².